The fourth-order valence-corrected chi connectivity index (χ4v) is 5.18. The molecule has 0 aromatic rings. The summed E-state index contributed by atoms with van der Waals surface area (Å²) in [7, 11) is 0. The van der Waals surface area contributed by atoms with Gasteiger partial charge < -0.3 is 0 Å². The van der Waals surface area contributed by atoms with Crippen molar-refractivity contribution in [2.24, 2.45) is 17.8 Å². The quantitative estimate of drug-likeness (QED) is 0.536. The van der Waals surface area contributed by atoms with Gasteiger partial charge in [0.2, 0.25) is 0 Å². The van der Waals surface area contributed by atoms with E-state index in [2.05, 4.69) is 13.0 Å². The zero-order valence-corrected chi connectivity index (χ0v) is 14.7. The van der Waals surface area contributed by atoms with E-state index in [-0.39, 0.29) is 0 Å². The second kappa shape index (κ2) is 8.12. The van der Waals surface area contributed by atoms with E-state index in [9.17, 15) is 8.78 Å². The highest BCUT2D eigenvalue weighted by atomic mass is 19.2. The van der Waals surface area contributed by atoms with E-state index in [0.717, 1.165) is 18.8 Å². The molecule has 3 aliphatic rings. The first-order chi connectivity index (χ1) is 11.2. The number of allylic oxidation sites excluding steroid dienone is 2. The third kappa shape index (κ3) is 4.37. The highest BCUT2D eigenvalue weighted by molar-refractivity contribution is 5.27. The molecule has 0 aromatic heterocycles. The zero-order valence-electron chi connectivity index (χ0n) is 14.7. The van der Waals surface area contributed by atoms with Gasteiger partial charge in [-0.3, -0.25) is 0 Å². The van der Waals surface area contributed by atoms with E-state index in [4.69, 9.17) is 0 Å². The van der Waals surface area contributed by atoms with Crippen molar-refractivity contribution in [3.05, 3.63) is 17.6 Å². The number of rotatable bonds is 4. The normalized spacial score (nSPS) is 37.6. The summed E-state index contributed by atoms with van der Waals surface area (Å²) in [5.74, 6) is 3.69. The minimum atomic E-state index is -1.21. The minimum absolute atomic E-state index is 0.417. The lowest BCUT2D eigenvalue weighted by atomic mass is 9.69. The Bertz CT molecular complexity index is 395. The van der Waals surface area contributed by atoms with E-state index in [1.807, 2.05) is 0 Å². The summed E-state index contributed by atoms with van der Waals surface area (Å²) in [4.78, 5) is 0. The SMILES string of the molecule is CCCC1CC[C](C2=CCC(C3CCC(F)C(F)C3)CC2)CC1. The monoisotopic (exact) mass is 323 g/mol. The minimum Gasteiger partial charge on any atom is -0.244 e. The lowest BCUT2D eigenvalue weighted by molar-refractivity contribution is 0.0660. The Labute approximate surface area is 141 Å². The molecule has 3 aliphatic carbocycles. The lowest BCUT2D eigenvalue weighted by Crippen LogP contribution is -2.32. The fourth-order valence-electron chi connectivity index (χ4n) is 5.18. The molecule has 3 rings (SSSR count). The van der Waals surface area contributed by atoms with Crippen molar-refractivity contribution in [2.45, 2.75) is 96.3 Å². The van der Waals surface area contributed by atoms with Gasteiger partial charge >= 0.3 is 0 Å². The molecule has 0 aliphatic heterocycles. The van der Waals surface area contributed by atoms with Crippen LogP contribution in [0, 0.1) is 23.7 Å². The molecular weight excluding hydrogens is 290 g/mol. The van der Waals surface area contributed by atoms with Gasteiger partial charge in [0.05, 0.1) is 0 Å². The van der Waals surface area contributed by atoms with Crippen molar-refractivity contribution in [3.8, 4) is 0 Å². The molecular formula is C21H33F2. The molecule has 0 amide bonds. The van der Waals surface area contributed by atoms with Crippen LogP contribution in [0.3, 0.4) is 0 Å². The number of hydrogen-bond donors (Lipinski definition) is 0. The van der Waals surface area contributed by atoms with Crippen molar-refractivity contribution in [3.63, 3.8) is 0 Å². The van der Waals surface area contributed by atoms with Crippen molar-refractivity contribution in [1.29, 1.82) is 0 Å². The number of hydrogen-bond acceptors (Lipinski definition) is 0. The molecule has 4 unspecified atom stereocenters. The van der Waals surface area contributed by atoms with E-state index in [0.29, 0.717) is 24.7 Å². The van der Waals surface area contributed by atoms with Crippen LogP contribution in [-0.4, -0.2) is 12.3 Å². The van der Waals surface area contributed by atoms with Crippen LogP contribution < -0.4 is 0 Å². The average molecular weight is 323 g/mol. The highest BCUT2D eigenvalue weighted by Crippen LogP contribution is 2.44. The number of alkyl halides is 2. The van der Waals surface area contributed by atoms with Gasteiger partial charge in [0.25, 0.3) is 0 Å². The molecule has 23 heavy (non-hydrogen) atoms. The van der Waals surface area contributed by atoms with Crippen LogP contribution in [0.1, 0.15) is 84.0 Å². The Kier molecular flexibility index (Phi) is 6.15. The van der Waals surface area contributed by atoms with Gasteiger partial charge in [-0.2, -0.15) is 0 Å². The smallest absolute Gasteiger partial charge is 0.131 e. The number of halogens is 2. The van der Waals surface area contributed by atoms with Crippen molar-refractivity contribution >= 4 is 0 Å². The molecule has 1 radical (unpaired) electrons. The fraction of sp³-hybridized carbons (Fsp3) is 0.857. The maximum Gasteiger partial charge on any atom is 0.131 e. The van der Waals surface area contributed by atoms with E-state index >= 15 is 0 Å². The molecule has 0 heterocycles. The molecule has 0 saturated heterocycles. The zero-order chi connectivity index (χ0) is 16.2. The summed E-state index contributed by atoms with van der Waals surface area (Å²) in [6, 6.07) is 0. The molecule has 131 valence electrons. The molecule has 2 saturated carbocycles. The second-order valence-electron chi connectivity index (χ2n) is 8.20. The third-order valence-corrected chi connectivity index (χ3v) is 6.71. The molecule has 0 bridgehead atoms. The van der Waals surface area contributed by atoms with Gasteiger partial charge in [0.1, 0.15) is 12.3 Å². The van der Waals surface area contributed by atoms with Gasteiger partial charge in [0.15, 0.2) is 0 Å². The Morgan fingerprint density at radius 2 is 1.70 bits per heavy atom. The van der Waals surface area contributed by atoms with Crippen LogP contribution in [0.2, 0.25) is 0 Å². The van der Waals surface area contributed by atoms with E-state index < -0.39 is 12.3 Å². The summed E-state index contributed by atoms with van der Waals surface area (Å²) in [6.45, 7) is 2.29. The first-order valence-electron chi connectivity index (χ1n) is 9.99. The van der Waals surface area contributed by atoms with E-state index in [1.54, 1.807) is 11.5 Å². The van der Waals surface area contributed by atoms with Crippen LogP contribution >= 0.6 is 0 Å². The standard InChI is InChI=1S/C21H33F2/c1-2-3-15-4-6-16(7-5-15)17-8-10-18(11-9-17)19-12-13-20(22)21(23)14-19/h8,15,18-21H,2-7,9-14H2,1H3. The van der Waals surface area contributed by atoms with Crippen LogP contribution in [0.4, 0.5) is 8.78 Å². The van der Waals surface area contributed by atoms with E-state index in [1.165, 1.54) is 51.4 Å². The summed E-state index contributed by atoms with van der Waals surface area (Å²) >= 11 is 0. The summed E-state index contributed by atoms with van der Waals surface area (Å²) in [5.41, 5.74) is 1.62. The molecule has 0 spiro atoms. The summed E-state index contributed by atoms with van der Waals surface area (Å²) < 4.78 is 27.0. The third-order valence-electron chi connectivity index (χ3n) is 6.71. The second-order valence-corrected chi connectivity index (χ2v) is 8.20. The van der Waals surface area contributed by atoms with Crippen LogP contribution in [0.15, 0.2) is 11.6 Å². The predicted octanol–water partition coefficient (Wildman–Crippen LogP) is 6.75. The van der Waals surface area contributed by atoms with Gasteiger partial charge in [-0.15, -0.1) is 0 Å². The molecule has 0 N–H and O–H groups in total. The molecule has 2 fully saturated rings. The Hall–Kier alpha value is -0.400. The first-order valence-corrected chi connectivity index (χ1v) is 9.99. The Balaban J connectivity index is 1.47. The maximum absolute atomic E-state index is 13.7. The van der Waals surface area contributed by atoms with Crippen molar-refractivity contribution in [2.75, 3.05) is 0 Å². The van der Waals surface area contributed by atoms with Crippen LogP contribution in [-0.2, 0) is 0 Å². The van der Waals surface area contributed by atoms with Crippen molar-refractivity contribution in [1.82, 2.24) is 0 Å². The molecule has 4 atom stereocenters. The summed E-state index contributed by atoms with van der Waals surface area (Å²) in [5, 5.41) is 0. The molecule has 2 heteroatoms. The molecule has 0 aromatic carbocycles. The van der Waals surface area contributed by atoms with Crippen LogP contribution in [0.25, 0.3) is 0 Å². The Morgan fingerprint density at radius 1 is 0.913 bits per heavy atom. The Morgan fingerprint density at radius 3 is 2.30 bits per heavy atom. The van der Waals surface area contributed by atoms with Gasteiger partial charge in [-0.05, 0) is 82.0 Å². The predicted molar refractivity (Wildman–Crippen MR) is 92.7 cm³/mol. The first kappa shape index (κ1) is 17.4. The maximum atomic E-state index is 13.7. The van der Waals surface area contributed by atoms with Gasteiger partial charge in [0, 0.05) is 5.92 Å². The summed E-state index contributed by atoms with van der Waals surface area (Å²) in [6.07, 6.45) is 13.4. The van der Waals surface area contributed by atoms with Gasteiger partial charge in [-0.25, -0.2) is 8.78 Å². The van der Waals surface area contributed by atoms with Crippen LogP contribution in [0.5, 0.6) is 0 Å². The van der Waals surface area contributed by atoms with Crippen molar-refractivity contribution < 1.29 is 8.78 Å². The topological polar surface area (TPSA) is 0 Å². The lowest BCUT2D eigenvalue weighted by Gasteiger charge is -2.37. The highest BCUT2D eigenvalue weighted by Gasteiger charge is 2.35. The largest absolute Gasteiger partial charge is 0.244 e. The average Bonchev–Trinajstić information content (AvgIpc) is 2.59. The van der Waals surface area contributed by atoms with Gasteiger partial charge in [-0.1, -0.05) is 31.4 Å². The molecule has 0 nitrogen and oxygen atoms in total.